The van der Waals surface area contributed by atoms with E-state index in [2.05, 4.69) is 10.3 Å². The number of hydrazine groups is 1. The summed E-state index contributed by atoms with van der Waals surface area (Å²) >= 11 is 0. The highest BCUT2D eigenvalue weighted by Crippen LogP contribution is 2.31. The van der Waals surface area contributed by atoms with Gasteiger partial charge in [0.25, 0.3) is 0 Å². The lowest BCUT2D eigenvalue weighted by atomic mass is 10.0. The number of nitrogens with zero attached hydrogens (tertiary/aromatic N) is 3. The number of imide groups is 1. The molecule has 3 atom stereocenters. The van der Waals surface area contributed by atoms with E-state index in [4.69, 9.17) is 19.9 Å². The van der Waals surface area contributed by atoms with Crippen LogP contribution in [0, 0.1) is 5.92 Å². The van der Waals surface area contributed by atoms with Gasteiger partial charge in [-0.25, -0.2) is 9.59 Å². The summed E-state index contributed by atoms with van der Waals surface area (Å²) in [6.07, 6.45) is -2.19. The Hall–Kier alpha value is -4.52. The molecule has 254 valence electrons. The van der Waals surface area contributed by atoms with Gasteiger partial charge < -0.3 is 30.4 Å². The molecule has 0 fully saturated rings. The Kier molecular flexibility index (Phi) is 13.7. The quantitative estimate of drug-likeness (QED) is 0.161. The molecule has 47 heavy (non-hydrogen) atoms. The standard InChI is InChI=1S/C35H47N5O7/c1-24(2)30(36)32(42)38-31(28-17-10-11-18-29(28)45-6)39(22-27(41)20-19-25-14-8-7-9-15-25)40(34(44)47-35(3,4)5)33(43)46-23-26-16-12-13-21-37-26/h7-18,21,24,27,30-31,41H,19-20,22-23,36H2,1-6H3,(H,38,42)/t27-,30?,31?/m0/s1. The number of pyridine rings is 1. The van der Waals surface area contributed by atoms with E-state index in [-0.39, 0.29) is 25.5 Å². The zero-order chi connectivity index (χ0) is 34.6. The summed E-state index contributed by atoms with van der Waals surface area (Å²) < 4.78 is 16.9. The molecular formula is C35H47N5O7. The second-order valence-corrected chi connectivity index (χ2v) is 12.4. The Balaban J connectivity index is 2.13. The molecule has 0 saturated heterocycles. The van der Waals surface area contributed by atoms with Gasteiger partial charge >= 0.3 is 12.2 Å². The third kappa shape index (κ3) is 11.3. The van der Waals surface area contributed by atoms with Crippen LogP contribution >= 0.6 is 0 Å². The first-order chi connectivity index (χ1) is 22.3. The van der Waals surface area contributed by atoms with Crippen LogP contribution < -0.4 is 15.8 Å². The Morgan fingerprint density at radius 3 is 2.23 bits per heavy atom. The lowest BCUT2D eigenvalue weighted by Crippen LogP contribution is -2.59. The highest BCUT2D eigenvalue weighted by atomic mass is 16.6. The first kappa shape index (κ1) is 36.9. The molecule has 0 radical (unpaired) electrons. The first-order valence-electron chi connectivity index (χ1n) is 15.6. The maximum Gasteiger partial charge on any atom is 0.435 e. The van der Waals surface area contributed by atoms with Gasteiger partial charge in [0.05, 0.1) is 24.9 Å². The lowest BCUT2D eigenvalue weighted by molar-refractivity contribution is -0.131. The number of nitrogens with two attached hydrogens (primary N) is 1. The van der Waals surface area contributed by atoms with Gasteiger partial charge in [-0.3, -0.25) is 9.78 Å². The Morgan fingerprint density at radius 2 is 1.62 bits per heavy atom. The average Bonchev–Trinajstić information content (AvgIpc) is 3.04. The van der Waals surface area contributed by atoms with Crippen molar-refractivity contribution in [1.82, 2.24) is 20.3 Å². The van der Waals surface area contributed by atoms with Crippen LogP contribution in [0.5, 0.6) is 5.75 Å². The van der Waals surface area contributed by atoms with Crippen LogP contribution in [0.2, 0.25) is 0 Å². The largest absolute Gasteiger partial charge is 0.496 e. The summed E-state index contributed by atoms with van der Waals surface area (Å²) in [5.41, 5.74) is 7.06. The normalized spacial score (nSPS) is 13.4. The smallest absolute Gasteiger partial charge is 0.435 e. The van der Waals surface area contributed by atoms with Crippen molar-refractivity contribution >= 4 is 18.1 Å². The molecule has 0 aliphatic carbocycles. The molecule has 3 aromatic rings. The molecule has 12 heteroatoms. The number of hydrogen-bond acceptors (Lipinski definition) is 10. The van der Waals surface area contributed by atoms with Crippen LogP contribution in [0.15, 0.2) is 79.0 Å². The number of aryl methyl sites for hydroxylation is 1. The second-order valence-electron chi connectivity index (χ2n) is 12.4. The zero-order valence-electron chi connectivity index (χ0n) is 28.0. The zero-order valence-corrected chi connectivity index (χ0v) is 28.0. The van der Waals surface area contributed by atoms with E-state index in [1.165, 1.54) is 12.1 Å². The summed E-state index contributed by atoms with van der Waals surface area (Å²) in [5.74, 6) is -0.431. The van der Waals surface area contributed by atoms with E-state index >= 15 is 0 Å². The molecule has 3 rings (SSSR count). The van der Waals surface area contributed by atoms with Gasteiger partial charge in [-0.2, -0.15) is 5.01 Å². The number of para-hydroxylation sites is 1. The summed E-state index contributed by atoms with van der Waals surface area (Å²) in [4.78, 5) is 45.6. The Morgan fingerprint density at radius 1 is 0.957 bits per heavy atom. The van der Waals surface area contributed by atoms with E-state index in [0.29, 0.717) is 28.4 Å². The number of hydrogen-bond donors (Lipinski definition) is 3. The number of carbonyl (C=O) groups is 3. The summed E-state index contributed by atoms with van der Waals surface area (Å²) in [5, 5.41) is 16.2. The molecule has 0 saturated carbocycles. The van der Waals surface area contributed by atoms with Crippen LogP contribution in [0.1, 0.15) is 64.0 Å². The van der Waals surface area contributed by atoms with Crippen molar-refractivity contribution in [3.63, 3.8) is 0 Å². The van der Waals surface area contributed by atoms with Gasteiger partial charge in [0.15, 0.2) is 0 Å². The fourth-order valence-electron chi connectivity index (χ4n) is 4.60. The molecule has 1 aromatic heterocycles. The summed E-state index contributed by atoms with van der Waals surface area (Å²) in [6, 6.07) is 20.6. The van der Waals surface area contributed by atoms with Crippen LogP contribution in [0.25, 0.3) is 0 Å². The number of aliphatic hydroxyl groups is 1. The maximum atomic E-state index is 13.9. The van der Waals surface area contributed by atoms with Gasteiger partial charge in [-0.1, -0.05) is 68.4 Å². The number of rotatable bonds is 14. The molecule has 0 aliphatic heterocycles. The number of benzene rings is 2. The minimum absolute atomic E-state index is 0.233. The van der Waals surface area contributed by atoms with Gasteiger partial charge in [-0.05, 0) is 63.3 Å². The molecule has 4 N–H and O–H groups in total. The van der Waals surface area contributed by atoms with Crippen LogP contribution in [0.4, 0.5) is 9.59 Å². The van der Waals surface area contributed by atoms with Crippen molar-refractivity contribution in [3.05, 3.63) is 95.8 Å². The number of ether oxygens (including phenoxy) is 3. The Bertz CT molecular complexity index is 1430. The van der Waals surface area contributed by atoms with Crippen LogP contribution in [-0.2, 0) is 27.3 Å². The predicted octanol–water partition coefficient (Wildman–Crippen LogP) is 4.97. The molecule has 0 spiro atoms. The van der Waals surface area contributed by atoms with Crippen molar-refractivity contribution in [1.29, 1.82) is 0 Å². The summed E-state index contributed by atoms with van der Waals surface area (Å²) in [7, 11) is 1.46. The van der Waals surface area contributed by atoms with Gasteiger partial charge in [0, 0.05) is 18.3 Å². The van der Waals surface area contributed by atoms with E-state index in [0.717, 1.165) is 5.56 Å². The average molecular weight is 650 g/mol. The van der Waals surface area contributed by atoms with Crippen LogP contribution in [0.3, 0.4) is 0 Å². The SMILES string of the molecule is COc1ccccc1C(NC(=O)C(N)C(C)C)N(C[C@@H](O)CCc1ccccc1)N(C(=O)OCc1ccccn1)C(=O)OC(C)(C)C. The predicted molar refractivity (Wildman–Crippen MR) is 177 cm³/mol. The minimum atomic E-state index is -1.25. The van der Waals surface area contributed by atoms with Crippen molar-refractivity contribution < 1.29 is 33.7 Å². The molecule has 1 heterocycles. The van der Waals surface area contributed by atoms with Gasteiger partial charge in [-0.15, -0.1) is 5.01 Å². The van der Waals surface area contributed by atoms with Crippen molar-refractivity contribution in [3.8, 4) is 5.75 Å². The maximum absolute atomic E-state index is 13.9. The van der Waals surface area contributed by atoms with Crippen molar-refractivity contribution in [2.75, 3.05) is 13.7 Å². The molecule has 2 aromatic carbocycles. The number of aromatic nitrogens is 1. The monoisotopic (exact) mass is 649 g/mol. The third-order valence-electron chi connectivity index (χ3n) is 7.10. The molecule has 12 nitrogen and oxygen atoms in total. The van der Waals surface area contributed by atoms with E-state index in [9.17, 15) is 19.5 Å². The number of amides is 3. The van der Waals surface area contributed by atoms with E-state index in [1.54, 1.807) is 83.3 Å². The fourth-order valence-corrected chi connectivity index (χ4v) is 4.60. The van der Waals surface area contributed by atoms with Crippen molar-refractivity contribution in [2.45, 2.75) is 78.0 Å². The number of methoxy groups -OCH3 is 1. The van der Waals surface area contributed by atoms with Gasteiger partial charge in [0.1, 0.15) is 24.1 Å². The fraction of sp³-hybridized carbons (Fsp3) is 0.429. The van der Waals surface area contributed by atoms with E-state index in [1.807, 2.05) is 30.3 Å². The number of carbonyl (C=O) groups excluding carboxylic acids is 3. The first-order valence-corrected chi connectivity index (χ1v) is 15.6. The topological polar surface area (TPSA) is 157 Å². The van der Waals surface area contributed by atoms with E-state index < -0.39 is 42.0 Å². The summed E-state index contributed by atoms with van der Waals surface area (Å²) in [6.45, 7) is 8.01. The van der Waals surface area contributed by atoms with Crippen molar-refractivity contribution in [2.24, 2.45) is 11.7 Å². The number of nitrogens with one attached hydrogen (secondary N) is 1. The van der Waals surface area contributed by atoms with Gasteiger partial charge in [0.2, 0.25) is 5.91 Å². The molecule has 0 aliphatic rings. The molecule has 0 bridgehead atoms. The molecule has 3 amide bonds. The third-order valence-corrected chi connectivity index (χ3v) is 7.10. The lowest BCUT2D eigenvalue weighted by Gasteiger charge is -2.40. The number of aliphatic hydroxyl groups excluding tert-OH is 1. The Labute approximate surface area is 276 Å². The molecular weight excluding hydrogens is 602 g/mol. The highest BCUT2D eigenvalue weighted by Gasteiger charge is 2.41. The minimum Gasteiger partial charge on any atom is -0.496 e. The highest BCUT2D eigenvalue weighted by molar-refractivity contribution is 5.87. The van der Waals surface area contributed by atoms with Crippen LogP contribution in [-0.4, -0.2) is 69.6 Å². The second kappa shape index (κ2) is 17.4. The molecule has 2 unspecified atom stereocenters.